The van der Waals surface area contributed by atoms with Gasteiger partial charge in [0.15, 0.2) is 5.13 Å². The lowest BCUT2D eigenvalue weighted by Gasteiger charge is -2.15. The molecule has 0 fully saturated rings. The number of alkyl halides is 3. The van der Waals surface area contributed by atoms with Crippen LogP contribution in [0.3, 0.4) is 0 Å². The van der Waals surface area contributed by atoms with E-state index in [0.29, 0.717) is 22.4 Å². The first-order chi connectivity index (χ1) is 15.9. The van der Waals surface area contributed by atoms with Crippen molar-refractivity contribution < 1.29 is 22.6 Å². The van der Waals surface area contributed by atoms with Gasteiger partial charge in [-0.25, -0.2) is 4.98 Å². The zero-order chi connectivity index (χ0) is 23.7. The third-order valence-corrected chi connectivity index (χ3v) is 5.67. The van der Waals surface area contributed by atoms with Gasteiger partial charge < -0.3 is 14.8 Å². The topological polar surface area (TPSA) is 69.2 Å². The average Bonchev–Trinajstić information content (AvgIpc) is 3.27. The Morgan fingerprint density at radius 3 is 2.45 bits per heavy atom. The summed E-state index contributed by atoms with van der Waals surface area (Å²) in [6.07, 6.45) is 1.72. The van der Waals surface area contributed by atoms with E-state index in [-0.39, 0.29) is 18.0 Å². The zero-order valence-electron chi connectivity index (χ0n) is 18.6. The largest absolute Gasteiger partial charge is 0.493 e. The van der Waals surface area contributed by atoms with Gasteiger partial charge in [0.2, 0.25) is 5.88 Å². The minimum absolute atomic E-state index is 0.157. The molecule has 0 amide bonds. The number of aromatic nitrogens is 3. The van der Waals surface area contributed by atoms with Gasteiger partial charge in [0.05, 0.1) is 19.3 Å². The molecule has 3 rings (SSSR count). The molecule has 0 bridgehead atoms. The maximum Gasteiger partial charge on any atom is 0.420 e. The number of methoxy groups -OCH3 is 1. The predicted octanol–water partition coefficient (Wildman–Crippen LogP) is 7.11. The molecule has 0 unspecified atom stereocenters. The van der Waals surface area contributed by atoms with Crippen molar-refractivity contribution in [1.29, 1.82) is 0 Å². The minimum atomic E-state index is -4.53. The van der Waals surface area contributed by atoms with Crippen molar-refractivity contribution in [2.45, 2.75) is 51.6 Å². The summed E-state index contributed by atoms with van der Waals surface area (Å²) in [4.78, 5) is 4.39. The number of thiazole rings is 1. The molecule has 0 saturated heterocycles. The van der Waals surface area contributed by atoms with Gasteiger partial charge in [0, 0.05) is 17.1 Å². The summed E-state index contributed by atoms with van der Waals surface area (Å²) in [5.74, 6) is 0.223. The molecule has 10 heteroatoms. The maximum atomic E-state index is 13.6. The van der Waals surface area contributed by atoms with Gasteiger partial charge in [-0.05, 0) is 30.7 Å². The van der Waals surface area contributed by atoms with Crippen LogP contribution < -0.4 is 14.8 Å². The molecule has 1 aromatic carbocycles. The van der Waals surface area contributed by atoms with Crippen LogP contribution in [0.1, 0.15) is 51.0 Å². The van der Waals surface area contributed by atoms with E-state index >= 15 is 0 Å². The van der Waals surface area contributed by atoms with Crippen LogP contribution in [-0.2, 0) is 6.18 Å². The summed E-state index contributed by atoms with van der Waals surface area (Å²) in [5.41, 5.74) is 0.564. The molecular formula is C23H27F3N4O2S. The van der Waals surface area contributed by atoms with Gasteiger partial charge in [0.1, 0.15) is 17.1 Å². The fourth-order valence-electron chi connectivity index (χ4n) is 3.16. The number of halogens is 3. The molecule has 178 valence electrons. The molecule has 1 N–H and O–H groups in total. The molecule has 6 nitrogen and oxygen atoms in total. The molecule has 3 aromatic rings. The van der Waals surface area contributed by atoms with E-state index in [0.717, 1.165) is 38.2 Å². The fourth-order valence-corrected chi connectivity index (χ4v) is 3.88. The summed E-state index contributed by atoms with van der Waals surface area (Å²) < 4.78 is 51.3. The van der Waals surface area contributed by atoms with Gasteiger partial charge in [0.25, 0.3) is 0 Å². The van der Waals surface area contributed by atoms with E-state index in [4.69, 9.17) is 9.47 Å². The van der Waals surface area contributed by atoms with Crippen LogP contribution in [0.15, 0.2) is 35.7 Å². The Morgan fingerprint density at radius 1 is 0.970 bits per heavy atom. The summed E-state index contributed by atoms with van der Waals surface area (Å²) in [6, 6.07) is 7.33. The Kier molecular flexibility index (Phi) is 8.87. The number of hydrogen-bond acceptors (Lipinski definition) is 7. The van der Waals surface area contributed by atoms with Crippen LogP contribution in [0, 0.1) is 0 Å². The molecule has 0 atom stereocenters. The number of benzene rings is 1. The highest BCUT2D eigenvalue weighted by Gasteiger charge is 2.34. The molecule has 0 radical (unpaired) electrons. The van der Waals surface area contributed by atoms with Crippen LogP contribution in [0.2, 0.25) is 0 Å². The van der Waals surface area contributed by atoms with Crippen molar-refractivity contribution >= 4 is 22.2 Å². The lowest BCUT2D eigenvalue weighted by Crippen LogP contribution is -2.10. The number of nitrogens with one attached hydrogen (secondary N) is 1. The standard InChI is InChI=1S/C23H27F3N4O2S/c1-3-4-5-6-7-8-13-32-20-11-9-16(14-17(20)23(24,25)26)27-22-28-19(15-33-22)18-10-12-21(31-2)30-29-18/h9-12,14-15H,3-8,13H2,1-2H3,(H,27,28). The first kappa shape index (κ1) is 24.8. The Morgan fingerprint density at radius 2 is 1.76 bits per heavy atom. The smallest absolute Gasteiger partial charge is 0.420 e. The molecule has 0 aliphatic heterocycles. The number of hydrogen-bond donors (Lipinski definition) is 1. The van der Waals surface area contributed by atoms with Gasteiger partial charge in [-0.1, -0.05) is 39.0 Å². The van der Waals surface area contributed by atoms with Gasteiger partial charge in [-0.15, -0.1) is 21.5 Å². The average molecular weight is 481 g/mol. The molecular weight excluding hydrogens is 453 g/mol. The molecule has 0 spiro atoms. The van der Waals surface area contributed by atoms with E-state index in [1.165, 1.54) is 30.9 Å². The van der Waals surface area contributed by atoms with Crippen LogP contribution in [0.4, 0.5) is 24.0 Å². The molecule has 0 saturated carbocycles. The molecule has 0 aliphatic carbocycles. The minimum Gasteiger partial charge on any atom is -0.493 e. The maximum absolute atomic E-state index is 13.6. The second kappa shape index (κ2) is 11.8. The lowest BCUT2D eigenvalue weighted by molar-refractivity contribution is -0.138. The van der Waals surface area contributed by atoms with Gasteiger partial charge >= 0.3 is 6.18 Å². The highest BCUT2D eigenvalue weighted by molar-refractivity contribution is 7.14. The molecule has 0 aliphatic rings. The Balaban J connectivity index is 1.64. The number of ether oxygens (including phenoxy) is 2. The van der Waals surface area contributed by atoms with Gasteiger partial charge in [-0.2, -0.15) is 13.2 Å². The highest BCUT2D eigenvalue weighted by Crippen LogP contribution is 2.39. The summed E-state index contributed by atoms with van der Waals surface area (Å²) in [6.45, 7) is 2.41. The van der Waals surface area contributed by atoms with E-state index in [2.05, 4.69) is 27.4 Å². The normalized spacial score (nSPS) is 11.4. The predicted molar refractivity (Wildman–Crippen MR) is 123 cm³/mol. The Labute approximate surface area is 195 Å². The van der Waals surface area contributed by atoms with Crippen molar-refractivity contribution in [2.75, 3.05) is 19.0 Å². The summed E-state index contributed by atoms with van der Waals surface area (Å²) in [5, 5.41) is 13.1. The molecule has 33 heavy (non-hydrogen) atoms. The van der Waals surface area contributed by atoms with E-state index in [1.807, 2.05) is 0 Å². The SMILES string of the molecule is CCCCCCCCOc1ccc(Nc2nc(-c3ccc(OC)nn3)cs2)cc1C(F)(F)F. The first-order valence-corrected chi connectivity index (χ1v) is 11.7. The van der Waals surface area contributed by atoms with Crippen molar-refractivity contribution in [3.63, 3.8) is 0 Å². The number of unbranched alkanes of at least 4 members (excludes halogenated alkanes) is 5. The third-order valence-electron chi connectivity index (χ3n) is 4.91. The van der Waals surface area contributed by atoms with Crippen LogP contribution in [-0.4, -0.2) is 28.9 Å². The molecule has 2 aromatic heterocycles. The van der Waals surface area contributed by atoms with Crippen LogP contribution in [0.25, 0.3) is 11.4 Å². The highest BCUT2D eigenvalue weighted by atomic mass is 32.1. The quantitative estimate of drug-likeness (QED) is 0.279. The van der Waals surface area contributed by atoms with Crippen molar-refractivity contribution in [1.82, 2.24) is 15.2 Å². The molecule has 2 heterocycles. The second-order valence-corrected chi connectivity index (χ2v) is 8.31. The Bertz CT molecular complexity index is 1010. The number of anilines is 2. The first-order valence-electron chi connectivity index (χ1n) is 10.9. The summed E-state index contributed by atoms with van der Waals surface area (Å²) >= 11 is 1.26. The second-order valence-electron chi connectivity index (χ2n) is 7.45. The van der Waals surface area contributed by atoms with Crippen LogP contribution in [0.5, 0.6) is 11.6 Å². The summed E-state index contributed by atoms with van der Waals surface area (Å²) in [7, 11) is 1.49. The zero-order valence-corrected chi connectivity index (χ0v) is 19.4. The van der Waals surface area contributed by atoms with Crippen molar-refractivity contribution in [2.24, 2.45) is 0 Å². The van der Waals surface area contributed by atoms with Crippen molar-refractivity contribution in [3.05, 3.63) is 41.3 Å². The van der Waals surface area contributed by atoms with E-state index in [1.54, 1.807) is 23.6 Å². The lowest BCUT2D eigenvalue weighted by atomic mass is 10.1. The van der Waals surface area contributed by atoms with Crippen LogP contribution >= 0.6 is 11.3 Å². The monoisotopic (exact) mass is 480 g/mol. The number of nitrogens with zero attached hydrogens (tertiary/aromatic N) is 3. The van der Waals surface area contributed by atoms with Crippen molar-refractivity contribution in [3.8, 4) is 23.0 Å². The number of rotatable bonds is 12. The fraction of sp³-hybridized carbons (Fsp3) is 0.435. The van der Waals surface area contributed by atoms with E-state index in [9.17, 15) is 13.2 Å². The van der Waals surface area contributed by atoms with E-state index < -0.39 is 11.7 Å². The van der Waals surface area contributed by atoms with Gasteiger partial charge in [-0.3, -0.25) is 0 Å². The third kappa shape index (κ3) is 7.31. The Hall–Kier alpha value is -2.88.